The van der Waals surface area contributed by atoms with Crippen LogP contribution >= 0.6 is 11.3 Å². The van der Waals surface area contributed by atoms with Crippen molar-refractivity contribution in [1.29, 1.82) is 0 Å². The first-order valence-corrected chi connectivity index (χ1v) is 8.21. The second-order valence-corrected chi connectivity index (χ2v) is 9.07. The van der Waals surface area contributed by atoms with E-state index < -0.39 is 0 Å². The van der Waals surface area contributed by atoms with E-state index in [1.807, 2.05) is 39.8 Å². The van der Waals surface area contributed by atoms with Crippen LogP contribution in [-0.4, -0.2) is 24.1 Å². The predicted molar refractivity (Wildman–Crippen MR) is 88.4 cm³/mol. The van der Waals surface area contributed by atoms with Crippen molar-refractivity contribution in [2.45, 2.75) is 66.1 Å². The lowest BCUT2D eigenvalue weighted by Gasteiger charge is -2.32. The van der Waals surface area contributed by atoms with Crippen LogP contribution < -0.4 is 4.78 Å². The molecule has 0 atom stereocenters. The van der Waals surface area contributed by atoms with Crippen molar-refractivity contribution in [1.82, 2.24) is 0 Å². The van der Waals surface area contributed by atoms with E-state index in [4.69, 9.17) is 9.31 Å². The van der Waals surface area contributed by atoms with Gasteiger partial charge in [-0.2, -0.15) is 0 Å². The van der Waals surface area contributed by atoms with Crippen molar-refractivity contribution < 1.29 is 14.1 Å². The topological polar surface area (TPSA) is 35.5 Å². The van der Waals surface area contributed by atoms with Gasteiger partial charge in [-0.15, -0.1) is 11.3 Å². The molecule has 1 aliphatic heterocycles. The van der Waals surface area contributed by atoms with Crippen LogP contribution in [0.1, 0.15) is 64.6 Å². The quantitative estimate of drug-likeness (QED) is 0.631. The van der Waals surface area contributed by atoms with Crippen molar-refractivity contribution in [3.05, 3.63) is 17.0 Å². The number of carbonyl (C=O) groups is 1. The van der Waals surface area contributed by atoms with Gasteiger partial charge < -0.3 is 9.31 Å². The summed E-state index contributed by atoms with van der Waals surface area (Å²) in [6.07, 6.45) is 0.552. The summed E-state index contributed by atoms with van der Waals surface area (Å²) in [6, 6.07) is 3.84. The van der Waals surface area contributed by atoms with Crippen LogP contribution in [0.5, 0.6) is 0 Å². The zero-order valence-electron chi connectivity index (χ0n) is 14.1. The van der Waals surface area contributed by atoms with Gasteiger partial charge in [-0.05, 0) is 39.2 Å². The minimum atomic E-state index is -0.379. The van der Waals surface area contributed by atoms with E-state index in [2.05, 4.69) is 20.8 Å². The molecule has 0 radical (unpaired) electrons. The number of hydrogen-bond acceptors (Lipinski definition) is 4. The minimum Gasteiger partial charge on any atom is -0.399 e. The molecule has 1 aromatic rings. The molecule has 21 heavy (non-hydrogen) atoms. The van der Waals surface area contributed by atoms with E-state index in [9.17, 15) is 4.79 Å². The second-order valence-electron chi connectivity index (χ2n) is 7.95. The van der Waals surface area contributed by atoms with Gasteiger partial charge in [0.15, 0.2) is 5.78 Å². The lowest BCUT2D eigenvalue weighted by Crippen LogP contribution is -2.41. The van der Waals surface area contributed by atoms with Crippen LogP contribution in [0, 0.1) is 5.41 Å². The summed E-state index contributed by atoms with van der Waals surface area (Å²) < 4.78 is 13.0. The Kier molecular flexibility index (Phi) is 4.15. The minimum absolute atomic E-state index is 0.00553. The molecule has 0 aromatic carbocycles. The zero-order chi connectivity index (χ0) is 16.1. The summed E-state index contributed by atoms with van der Waals surface area (Å²) in [5.41, 5.74) is -0.694. The van der Waals surface area contributed by atoms with E-state index >= 15 is 0 Å². The summed E-state index contributed by atoms with van der Waals surface area (Å²) in [5, 5.41) is 0. The Labute approximate surface area is 132 Å². The Morgan fingerprint density at radius 1 is 1.14 bits per heavy atom. The highest BCUT2D eigenvalue weighted by atomic mass is 32.1. The Hall–Kier alpha value is -0.645. The van der Waals surface area contributed by atoms with E-state index in [1.54, 1.807) is 0 Å². The number of hydrogen-bond donors (Lipinski definition) is 0. The van der Waals surface area contributed by atoms with Crippen molar-refractivity contribution in [3.8, 4) is 0 Å². The highest BCUT2D eigenvalue weighted by molar-refractivity contribution is 7.23. The van der Waals surface area contributed by atoms with Gasteiger partial charge in [0, 0.05) is 11.2 Å². The van der Waals surface area contributed by atoms with Gasteiger partial charge in [0.2, 0.25) is 0 Å². The molecule has 3 nitrogen and oxygen atoms in total. The maximum Gasteiger partial charge on any atom is 0.505 e. The molecule has 0 amide bonds. The highest BCUT2D eigenvalue weighted by Crippen LogP contribution is 2.37. The number of Topliss-reactive ketones (excluding diaryl/α,β-unsaturated/α-hetero) is 1. The van der Waals surface area contributed by atoms with E-state index in [0.29, 0.717) is 6.42 Å². The Morgan fingerprint density at radius 2 is 1.67 bits per heavy atom. The third-order valence-electron chi connectivity index (χ3n) is 4.08. The number of rotatable bonds is 3. The van der Waals surface area contributed by atoms with E-state index in [1.165, 1.54) is 11.3 Å². The van der Waals surface area contributed by atoms with E-state index in [0.717, 1.165) is 9.65 Å². The van der Waals surface area contributed by atoms with Crippen LogP contribution in [0.15, 0.2) is 12.1 Å². The normalized spacial score (nSPS) is 20.8. The van der Waals surface area contributed by atoms with Crippen LogP contribution in [0.2, 0.25) is 0 Å². The maximum atomic E-state index is 12.3. The van der Waals surface area contributed by atoms with Crippen molar-refractivity contribution in [2.24, 2.45) is 5.41 Å². The largest absolute Gasteiger partial charge is 0.505 e. The molecule has 0 unspecified atom stereocenters. The molecule has 0 bridgehead atoms. The third-order valence-corrected chi connectivity index (χ3v) is 5.23. The molecule has 2 rings (SSSR count). The van der Waals surface area contributed by atoms with Crippen molar-refractivity contribution in [3.63, 3.8) is 0 Å². The highest BCUT2D eigenvalue weighted by Gasteiger charge is 2.52. The predicted octanol–water partition coefficient (Wildman–Crippen LogP) is 3.67. The molecule has 1 aromatic heterocycles. The summed E-state index contributed by atoms with van der Waals surface area (Å²) in [4.78, 5) is 13.1. The molecule has 116 valence electrons. The molecule has 0 spiro atoms. The van der Waals surface area contributed by atoms with Crippen LogP contribution in [0.3, 0.4) is 0 Å². The van der Waals surface area contributed by atoms with Gasteiger partial charge >= 0.3 is 7.12 Å². The molecule has 2 heterocycles. The zero-order valence-corrected chi connectivity index (χ0v) is 14.9. The van der Waals surface area contributed by atoms with Crippen LogP contribution in [0.25, 0.3) is 0 Å². The molecule has 0 aliphatic carbocycles. The summed E-state index contributed by atoms with van der Waals surface area (Å²) >= 11 is 1.48. The number of ketones is 1. The summed E-state index contributed by atoms with van der Waals surface area (Å²) in [6.45, 7) is 14.4. The Bertz CT molecular complexity index is 524. The lowest BCUT2D eigenvalue weighted by atomic mass is 9.88. The first-order valence-electron chi connectivity index (χ1n) is 7.40. The van der Waals surface area contributed by atoms with Crippen LogP contribution in [-0.2, 0) is 9.31 Å². The van der Waals surface area contributed by atoms with Gasteiger partial charge in [0.1, 0.15) is 0 Å². The summed E-state index contributed by atoms with van der Waals surface area (Å²) in [7, 11) is -0.379. The fourth-order valence-corrected chi connectivity index (χ4v) is 3.06. The average Bonchev–Trinajstić information content (AvgIpc) is 2.80. The van der Waals surface area contributed by atoms with E-state index in [-0.39, 0.29) is 29.5 Å². The molecule has 1 fully saturated rings. The molecule has 0 saturated carbocycles. The third kappa shape index (κ3) is 3.58. The average molecular weight is 308 g/mol. The van der Waals surface area contributed by atoms with Crippen molar-refractivity contribution in [2.75, 3.05) is 0 Å². The fraction of sp³-hybridized carbons (Fsp3) is 0.688. The van der Waals surface area contributed by atoms with Crippen LogP contribution in [0.4, 0.5) is 0 Å². The first kappa shape index (κ1) is 16.7. The molecule has 1 saturated heterocycles. The van der Waals surface area contributed by atoms with Gasteiger partial charge in [-0.1, -0.05) is 26.8 Å². The van der Waals surface area contributed by atoms with Gasteiger partial charge in [0.05, 0.1) is 16.1 Å². The Balaban J connectivity index is 2.13. The van der Waals surface area contributed by atoms with Gasteiger partial charge in [0.25, 0.3) is 0 Å². The SMILES string of the molecule is CC(C)(C)CC(=O)c1ccc(B2OC(C)(C)C(C)(C)O2)s1. The number of thiophene rings is 1. The molecular weight excluding hydrogens is 283 g/mol. The van der Waals surface area contributed by atoms with Gasteiger partial charge in [-0.25, -0.2) is 0 Å². The maximum absolute atomic E-state index is 12.3. The fourth-order valence-electron chi connectivity index (χ4n) is 2.16. The molecular formula is C16H25BO3S. The first-order chi connectivity index (χ1) is 9.41. The monoisotopic (exact) mass is 308 g/mol. The smallest absolute Gasteiger partial charge is 0.399 e. The summed E-state index contributed by atoms with van der Waals surface area (Å²) in [5.74, 6) is 0.190. The lowest BCUT2D eigenvalue weighted by molar-refractivity contribution is 0.00578. The van der Waals surface area contributed by atoms with Gasteiger partial charge in [-0.3, -0.25) is 4.79 Å². The molecule has 5 heteroatoms. The number of carbonyl (C=O) groups excluding carboxylic acids is 1. The molecule has 1 aliphatic rings. The Morgan fingerprint density at radius 3 is 2.14 bits per heavy atom. The van der Waals surface area contributed by atoms with Crippen molar-refractivity contribution >= 4 is 29.0 Å². The second kappa shape index (κ2) is 5.22. The molecule has 0 N–H and O–H groups in total. The standard InChI is InChI=1S/C16H25BO3S/c1-14(2,3)10-11(18)12-8-9-13(21-12)17-19-15(4,5)16(6,7)20-17/h8-9H,10H2,1-7H3.